The van der Waals surface area contributed by atoms with Crippen LogP contribution in [0, 0.1) is 0 Å². The summed E-state index contributed by atoms with van der Waals surface area (Å²) in [5.74, 6) is 0. The first kappa shape index (κ1) is 12.7. The lowest BCUT2D eigenvalue weighted by Crippen LogP contribution is -3.00. The van der Waals surface area contributed by atoms with Crippen molar-refractivity contribution in [1.82, 2.24) is 4.98 Å². The SMILES string of the molecule is CCCCCCc1c[n+](C)c[nH]1.[Br-]. The summed E-state index contributed by atoms with van der Waals surface area (Å²) in [6.45, 7) is 2.24. The molecule has 1 aromatic heterocycles. The van der Waals surface area contributed by atoms with Crippen LogP contribution in [0.15, 0.2) is 12.5 Å². The number of aromatic nitrogens is 2. The molecule has 1 aromatic rings. The molecule has 13 heavy (non-hydrogen) atoms. The van der Waals surface area contributed by atoms with Gasteiger partial charge in [-0.1, -0.05) is 26.2 Å². The third-order valence-electron chi connectivity index (χ3n) is 2.11. The highest BCUT2D eigenvalue weighted by molar-refractivity contribution is 4.89. The summed E-state index contributed by atoms with van der Waals surface area (Å²) in [7, 11) is 2.05. The molecule has 0 aliphatic carbocycles. The Labute approximate surface area is 91.1 Å². The molecule has 0 fully saturated rings. The van der Waals surface area contributed by atoms with Crippen molar-refractivity contribution in [1.29, 1.82) is 0 Å². The number of hydrogen-bond donors (Lipinski definition) is 1. The maximum atomic E-state index is 3.25. The van der Waals surface area contributed by atoms with E-state index in [0.717, 1.165) is 0 Å². The quantitative estimate of drug-likeness (QED) is 0.507. The topological polar surface area (TPSA) is 19.7 Å². The molecule has 1 N–H and O–H groups in total. The first-order valence-electron chi connectivity index (χ1n) is 4.85. The number of rotatable bonds is 5. The molecular weight excluding hydrogens is 228 g/mol. The van der Waals surface area contributed by atoms with Crippen LogP contribution in [0.3, 0.4) is 0 Å². The van der Waals surface area contributed by atoms with E-state index in [0.29, 0.717) is 0 Å². The van der Waals surface area contributed by atoms with Crippen molar-refractivity contribution in [3.63, 3.8) is 0 Å². The molecule has 1 rings (SSSR count). The predicted molar refractivity (Wildman–Crippen MR) is 49.8 cm³/mol. The Balaban J connectivity index is 0.00000144. The number of H-pyrrole nitrogens is 1. The summed E-state index contributed by atoms with van der Waals surface area (Å²) in [5.41, 5.74) is 1.36. The maximum absolute atomic E-state index is 3.25. The van der Waals surface area contributed by atoms with Crippen LogP contribution in [0.25, 0.3) is 0 Å². The molecule has 1 heterocycles. The maximum Gasteiger partial charge on any atom is 0.241 e. The van der Waals surface area contributed by atoms with Crippen molar-refractivity contribution in [2.75, 3.05) is 0 Å². The molecule has 0 saturated heterocycles. The van der Waals surface area contributed by atoms with Gasteiger partial charge in [0.15, 0.2) is 0 Å². The van der Waals surface area contributed by atoms with E-state index in [1.807, 2.05) is 13.4 Å². The Morgan fingerprint density at radius 2 is 2.08 bits per heavy atom. The van der Waals surface area contributed by atoms with Gasteiger partial charge >= 0.3 is 0 Å². The largest absolute Gasteiger partial charge is 1.00 e. The van der Waals surface area contributed by atoms with Crippen LogP contribution in [-0.4, -0.2) is 4.98 Å². The second-order valence-corrected chi connectivity index (χ2v) is 3.40. The zero-order chi connectivity index (χ0) is 8.81. The molecule has 0 aromatic carbocycles. The third-order valence-corrected chi connectivity index (χ3v) is 2.11. The van der Waals surface area contributed by atoms with E-state index in [1.165, 1.54) is 37.8 Å². The summed E-state index contributed by atoms with van der Waals surface area (Å²) in [5, 5.41) is 0. The summed E-state index contributed by atoms with van der Waals surface area (Å²) in [4.78, 5) is 3.25. The van der Waals surface area contributed by atoms with Crippen molar-refractivity contribution in [3.05, 3.63) is 18.2 Å². The van der Waals surface area contributed by atoms with E-state index in [-0.39, 0.29) is 17.0 Å². The van der Waals surface area contributed by atoms with E-state index >= 15 is 0 Å². The molecule has 3 heteroatoms. The van der Waals surface area contributed by atoms with Gasteiger partial charge in [-0.15, -0.1) is 0 Å². The molecule has 0 saturated carbocycles. The highest BCUT2D eigenvalue weighted by atomic mass is 79.9. The highest BCUT2D eigenvalue weighted by Crippen LogP contribution is 2.03. The predicted octanol–water partition coefficient (Wildman–Crippen LogP) is -1.03. The van der Waals surface area contributed by atoms with E-state index in [9.17, 15) is 0 Å². The molecule has 76 valence electrons. The smallest absolute Gasteiger partial charge is 0.241 e. The molecule has 0 atom stereocenters. The monoisotopic (exact) mass is 246 g/mol. The van der Waals surface area contributed by atoms with Crippen LogP contribution in [0.4, 0.5) is 0 Å². The van der Waals surface area contributed by atoms with Crippen LogP contribution in [0.2, 0.25) is 0 Å². The lowest BCUT2D eigenvalue weighted by Gasteiger charge is -1.93. The molecule has 0 aliphatic heterocycles. The average molecular weight is 247 g/mol. The Kier molecular flexibility index (Phi) is 6.96. The van der Waals surface area contributed by atoms with Crippen molar-refractivity contribution in [3.8, 4) is 0 Å². The van der Waals surface area contributed by atoms with Gasteiger partial charge in [0.25, 0.3) is 0 Å². The Bertz CT molecular complexity index is 220. The first-order valence-corrected chi connectivity index (χ1v) is 4.85. The number of imidazole rings is 1. The summed E-state index contributed by atoms with van der Waals surface area (Å²) < 4.78 is 2.06. The fourth-order valence-corrected chi connectivity index (χ4v) is 1.38. The Morgan fingerprint density at radius 1 is 1.31 bits per heavy atom. The number of hydrogen-bond acceptors (Lipinski definition) is 0. The molecule has 0 amide bonds. The van der Waals surface area contributed by atoms with Crippen LogP contribution in [0.5, 0.6) is 0 Å². The molecule has 0 aliphatic rings. The van der Waals surface area contributed by atoms with E-state index in [1.54, 1.807) is 0 Å². The van der Waals surface area contributed by atoms with Crippen LogP contribution in [-0.2, 0) is 13.5 Å². The van der Waals surface area contributed by atoms with Gasteiger partial charge in [-0.3, -0.25) is 0 Å². The molecule has 2 nitrogen and oxygen atoms in total. The molecule has 0 unspecified atom stereocenters. The van der Waals surface area contributed by atoms with Gasteiger partial charge < -0.3 is 17.0 Å². The average Bonchev–Trinajstić information content (AvgIpc) is 2.45. The van der Waals surface area contributed by atoms with E-state index in [2.05, 4.69) is 22.7 Å². The molecule has 0 bridgehead atoms. The lowest BCUT2D eigenvalue weighted by atomic mass is 10.1. The number of aromatic amines is 1. The number of halogens is 1. The zero-order valence-corrected chi connectivity index (χ0v) is 10.1. The minimum Gasteiger partial charge on any atom is -1.00 e. The fourth-order valence-electron chi connectivity index (χ4n) is 1.38. The summed E-state index contributed by atoms with van der Waals surface area (Å²) >= 11 is 0. The van der Waals surface area contributed by atoms with Gasteiger partial charge in [-0.25, -0.2) is 9.55 Å². The van der Waals surface area contributed by atoms with Gasteiger partial charge in [-0.05, 0) is 6.42 Å². The van der Waals surface area contributed by atoms with Crippen molar-refractivity contribution in [2.24, 2.45) is 7.05 Å². The Hall–Kier alpha value is -0.310. The van der Waals surface area contributed by atoms with Crippen molar-refractivity contribution in [2.45, 2.75) is 39.0 Å². The number of nitrogens with one attached hydrogen (secondary N) is 1. The Morgan fingerprint density at radius 3 is 2.62 bits per heavy atom. The number of unbranched alkanes of at least 4 members (excludes halogenated alkanes) is 3. The van der Waals surface area contributed by atoms with Gasteiger partial charge in [0.2, 0.25) is 6.33 Å². The van der Waals surface area contributed by atoms with E-state index < -0.39 is 0 Å². The van der Waals surface area contributed by atoms with Crippen molar-refractivity contribution < 1.29 is 21.5 Å². The van der Waals surface area contributed by atoms with Crippen LogP contribution >= 0.6 is 0 Å². The molecule has 0 spiro atoms. The zero-order valence-electron chi connectivity index (χ0n) is 8.52. The first-order chi connectivity index (χ1) is 5.83. The molecular formula is C10H19BrN2. The lowest BCUT2D eigenvalue weighted by molar-refractivity contribution is -0.670. The number of nitrogens with zero attached hydrogens (tertiary/aromatic N) is 1. The fraction of sp³-hybridized carbons (Fsp3) is 0.700. The van der Waals surface area contributed by atoms with Crippen LogP contribution in [0.1, 0.15) is 38.3 Å². The number of aryl methyl sites for hydroxylation is 2. The minimum absolute atomic E-state index is 0. The van der Waals surface area contributed by atoms with Crippen LogP contribution < -0.4 is 21.5 Å². The highest BCUT2D eigenvalue weighted by Gasteiger charge is 2.00. The second-order valence-electron chi connectivity index (χ2n) is 3.40. The van der Waals surface area contributed by atoms with Gasteiger partial charge in [0.1, 0.15) is 11.9 Å². The third kappa shape index (κ3) is 5.09. The molecule has 0 radical (unpaired) electrons. The minimum atomic E-state index is 0. The van der Waals surface area contributed by atoms with Gasteiger partial charge in [0.05, 0.1) is 7.05 Å². The van der Waals surface area contributed by atoms with Crippen molar-refractivity contribution >= 4 is 0 Å². The van der Waals surface area contributed by atoms with Gasteiger partial charge in [0, 0.05) is 6.42 Å². The van der Waals surface area contributed by atoms with E-state index in [4.69, 9.17) is 0 Å². The standard InChI is InChI=1S/C10H18N2.BrH/c1-3-4-5-6-7-10-8-12(2)9-11-10;/h8-9H,3-7H2,1-2H3;1H. The second kappa shape index (κ2) is 7.13. The summed E-state index contributed by atoms with van der Waals surface area (Å²) in [6.07, 6.45) is 10.7. The summed E-state index contributed by atoms with van der Waals surface area (Å²) in [6, 6.07) is 0. The van der Waals surface area contributed by atoms with Gasteiger partial charge in [-0.2, -0.15) is 0 Å². The normalized spacial score (nSPS) is 9.69.